The zero-order valence-corrected chi connectivity index (χ0v) is 11.5. The van der Waals surface area contributed by atoms with Crippen LogP contribution < -0.4 is 11.1 Å². The van der Waals surface area contributed by atoms with Crippen LogP contribution in [0.15, 0.2) is 18.2 Å². The Kier molecular flexibility index (Phi) is 4.40. The predicted octanol–water partition coefficient (Wildman–Crippen LogP) is 2.78. The molecule has 1 unspecified atom stereocenters. The predicted molar refractivity (Wildman–Crippen MR) is 75.0 cm³/mol. The number of carbonyl (C=O) groups excluding carboxylic acids is 1. The number of hydrogen-bond acceptors (Lipinski definition) is 2. The van der Waals surface area contributed by atoms with E-state index in [1.807, 2.05) is 6.92 Å². The van der Waals surface area contributed by atoms with Gasteiger partial charge in [-0.25, -0.2) is 4.39 Å². The van der Waals surface area contributed by atoms with Crippen LogP contribution in [0.25, 0.3) is 0 Å². The molecule has 0 radical (unpaired) electrons. The van der Waals surface area contributed by atoms with Crippen molar-refractivity contribution in [3.05, 3.63) is 29.6 Å². The molecule has 0 aliphatic heterocycles. The van der Waals surface area contributed by atoms with Crippen LogP contribution in [0.3, 0.4) is 0 Å². The van der Waals surface area contributed by atoms with Gasteiger partial charge in [0, 0.05) is 5.69 Å². The summed E-state index contributed by atoms with van der Waals surface area (Å²) >= 11 is 4.91. The van der Waals surface area contributed by atoms with Crippen molar-refractivity contribution in [1.82, 2.24) is 0 Å². The Morgan fingerprint density at radius 3 is 2.61 bits per heavy atom. The molecule has 0 spiro atoms. The van der Waals surface area contributed by atoms with Crippen molar-refractivity contribution >= 4 is 28.8 Å². The van der Waals surface area contributed by atoms with E-state index >= 15 is 0 Å². The van der Waals surface area contributed by atoms with Crippen LogP contribution in [0.5, 0.6) is 0 Å². The molecule has 5 heteroatoms. The van der Waals surface area contributed by atoms with Crippen molar-refractivity contribution in [3.8, 4) is 0 Å². The summed E-state index contributed by atoms with van der Waals surface area (Å²) in [6, 6.07) is 4.53. The maximum atomic E-state index is 13.4. The Hall–Kier alpha value is -1.49. The first kappa shape index (κ1) is 14.6. The summed E-state index contributed by atoms with van der Waals surface area (Å²) in [5, 5.41) is 2.64. The zero-order chi connectivity index (χ0) is 13.9. The Bertz CT molecular complexity index is 490. The number of rotatable bonds is 4. The average molecular weight is 268 g/mol. The lowest BCUT2D eigenvalue weighted by atomic mass is 9.86. The quantitative estimate of drug-likeness (QED) is 0.826. The minimum Gasteiger partial charge on any atom is -0.392 e. The van der Waals surface area contributed by atoms with Crippen molar-refractivity contribution < 1.29 is 9.18 Å². The van der Waals surface area contributed by atoms with Crippen LogP contribution >= 0.6 is 12.2 Å². The molecule has 0 aliphatic rings. The molecule has 0 fully saturated rings. The maximum absolute atomic E-state index is 13.4. The first-order chi connectivity index (χ1) is 8.31. The number of anilines is 1. The Balaban J connectivity index is 2.93. The number of thiocarbonyl (C=S) groups is 1. The van der Waals surface area contributed by atoms with E-state index in [-0.39, 0.29) is 16.7 Å². The van der Waals surface area contributed by atoms with Gasteiger partial charge in [0.2, 0.25) is 5.91 Å². The minimum absolute atomic E-state index is 0.134. The molecule has 3 N–H and O–H groups in total. The molecule has 1 atom stereocenters. The Labute approximate surface area is 112 Å². The van der Waals surface area contributed by atoms with Gasteiger partial charge in [-0.15, -0.1) is 0 Å². The van der Waals surface area contributed by atoms with Gasteiger partial charge >= 0.3 is 0 Å². The fourth-order valence-electron chi connectivity index (χ4n) is 1.39. The van der Waals surface area contributed by atoms with Crippen LogP contribution in [-0.2, 0) is 4.79 Å². The molecule has 18 heavy (non-hydrogen) atoms. The van der Waals surface area contributed by atoms with Gasteiger partial charge in [-0.3, -0.25) is 4.79 Å². The van der Waals surface area contributed by atoms with Gasteiger partial charge in [-0.1, -0.05) is 25.2 Å². The molecule has 0 saturated heterocycles. The lowest BCUT2D eigenvalue weighted by Crippen LogP contribution is -2.43. The summed E-state index contributed by atoms with van der Waals surface area (Å²) in [4.78, 5) is 12.2. The molecule has 0 aromatic heterocycles. The van der Waals surface area contributed by atoms with Gasteiger partial charge in [0.1, 0.15) is 5.82 Å². The van der Waals surface area contributed by atoms with Crippen molar-refractivity contribution in [1.29, 1.82) is 0 Å². The molecule has 3 nitrogen and oxygen atoms in total. The maximum Gasteiger partial charge on any atom is 0.237 e. The van der Waals surface area contributed by atoms with E-state index in [0.29, 0.717) is 17.7 Å². The second-order valence-electron chi connectivity index (χ2n) is 4.47. The largest absolute Gasteiger partial charge is 0.392 e. The van der Waals surface area contributed by atoms with Gasteiger partial charge in [0.05, 0.1) is 10.4 Å². The monoisotopic (exact) mass is 268 g/mol. The zero-order valence-electron chi connectivity index (χ0n) is 10.7. The van der Waals surface area contributed by atoms with Crippen molar-refractivity contribution in [2.75, 3.05) is 5.32 Å². The normalized spacial score (nSPS) is 13.8. The van der Waals surface area contributed by atoms with E-state index in [9.17, 15) is 9.18 Å². The molecule has 1 amide bonds. The second kappa shape index (κ2) is 5.44. The third kappa shape index (κ3) is 2.85. The summed E-state index contributed by atoms with van der Waals surface area (Å²) in [6.07, 6.45) is 0.489. The lowest BCUT2D eigenvalue weighted by molar-refractivity contribution is -0.121. The highest BCUT2D eigenvalue weighted by molar-refractivity contribution is 7.80. The summed E-state index contributed by atoms with van der Waals surface area (Å²) < 4.78 is 13.4. The number of hydrogen-bond donors (Lipinski definition) is 2. The van der Waals surface area contributed by atoms with Crippen molar-refractivity contribution in [2.24, 2.45) is 11.1 Å². The standard InChI is InChI=1S/C13H17FN2OS/c1-4-13(3,11(15)18)12(17)16-9-6-5-8(2)10(14)7-9/h5-7H,4H2,1-3H3,(H2,15,18)(H,16,17). The first-order valence-electron chi connectivity index (χ1n) is 5.68. The molecule has 1 rings (SSSR count). The van der Waals surface area contributed by atoms with Gasteiger partial charge in [-0.2, -0.15) is 0 Å². The van der Waals surface area contributed by atoms with E-state index < -0.39 is 5.41 Å². The number of carbonyl (C=O) groups is 1. The summed E-state index contributed by atoms with van der Waals surface area (Å²) in [5.74, 6) is -0.679. The van der Waals surface area contributed by atoms with E-state index in [1.165, 1.54) is 6.07 Å². The van der Waals surface area contributed by atoms with Crippen LogP contribution in [0, 0.1) is 18.2 Å². The molecule has 1 aromatic carbocycles. The summed E-state index contributed by atoms with van der Waals surface area (Å²) in [6.45, 7) is 5.16. The van der Waals surface area contributed by atoms with Crippen LogP contribution in [-0.4, -0.2) is 10.9 Å². The highest BCUT2D eigenvalue weighted by Gasteiger charge is 2.34. The molecule has 0 saturated carbocycles. The molecule has 0 heterocycles. The Morgan fingerprint density at radius 2 is 2.17 bits per heavy atom. The third-order valence-electron chi connectivity index (χ3n) is 3.18. The highest BCUT2D eigenvalue weighted by Crippen LogP contribution is 2.24. The smallest absolute Gasteiger partial charge is 0.237 e. The molecular formula is C13H17FN2OS. The van der Waals surface area contributed by atoms with Crippen LogP contribution in [0.4, 0.5) is 10.1 Å². The minimum atomic E-state index is -0.920. The number of nitrogens with two attached hydrogens (primary N) is 1. The van der Waals surface area contributed by atoms with Crippen molar-refractivity contribution in [2.45, 2.75) is 27.2 Å². The first-order valence-corrected chi connectivity index (χ1v) is 6.09. The number of aryl methyl sites for hydroxylation is 1. The number of nitrogens with one attached hydrogen (secondary N) is 1. The molecular weight excluding hydrogens is 251 g/mol. The van der Waals surface area contributed by atoms with E-state index in [4.69, 9.17) is 18.0 Å². The van der Waals surface area contributed by atoms with E-state index in [0.717, 1.165) is 0 Å². The average Bonchev–Trinajstić information content (AvgIpc) is 2.32. The molecule has 0 aliphatic carbocycles. The van der Waals surface area contributed by atoms with Crippen molar-refractivity contribution in [3.63, 3.8) is 0 Å². The fraction of sp³-hybridized carbons (Fsp3) is 0.385. The topological polar surface area (TPSA) is 55.1 Å². The number of halogens is 1. The lowest BCUT2D eigenvalue weighted by Gasteiger charge is -2.25. The van der Waals surface area contributed by atoms with Crippen LogP contribution in [0.1, 0.15) is 25.8 Å². The molecule has 0 bridgehead atoms. The van der Waals surface area contributed by atoms with Crippen LogP contribution in [0.2, 0.25) is 0 Å². The SMILES string of the molecule is CCC(C)(C(=O)Nc1ccc(C)c(F)c1)C(N)=S. The van der Waals surface area contributed by atoms with E-state index in [2.05, 4.69) is 5.32 Å². The highest BCUT2D eigenvalue weighted by atomic mass is 32.1. The number of benzene rings is 1. The van der Waals surface area contributed by atoms with Gasteiger partial charge in [0.15, 0.2) is 0 Å². The summed E-state index contributed by atoms with van der Waals surface area (Å²) in [5.41, 5.74) is 5.60. The third-order valence-corrected chi connectivity index (χ3v) is 3.63. The molecule has 98 valence electrons. The molecule has 1 aromatic rings. The van der Waals surface area contributed by atoms with E-state index in [1.54, 1.807) is 26.0 Å². The Morgan fingerprint density at radius 1 is 1.56 bits per heavy atom. The summed E-state index contributed by atoms with van der Waals surface area (Å²) in [7, 11) is 0. The van der Waals surface area contributed by atoms with Gasteiger partial charge in [-0.05, 0) is 38.0 Å². The van der Waals surface area contributed by atoms with Gasteiger partial charge < -0.3 is 11.1 Å². The van der Waals surface area contributed by atoms with Gasteiger partial charge in [0.25, 0.3) is 0 Å². The number of amides is 1. The second-order valence-corrected chi connectivity index (χ2v) is 4.91. The fourth-order valence-corrected chi connectivity index (χ4v) is 1.62.